The highest BCUT2D eigenvalue weighted by atomic mass is 16.6. The van der Waals surface area contributed by atoms with E-state index in [1.54, 1.807) is 26.8 Å². The molecule has 0 fully saturated rings. The molecule has 9 nitrogen and oxygen atoms in total. The first kappa shape index (κ1) is 30.1. The maximum absolute atomic E-state index is 12.4. The van der Waals surface area contributed by atoms with Crippen LogP contribution < -0.4 is 15.2 Å². The molecule has 0 bridgehead atoms. The van der Waals surface area contributed by atoms with E-state index >= 15 is 0 Å². The van der Waals surface area contributed by atoms with Crippen molar-refractivity contribution in [2.75, 3.05) is 6.61 Å². The van der Waals surface area contributed by atoms with Crippen LogP contribution in [-0.4, -0.2) is 41.6 Å². The minimum Gasteiger partial charge on any atom is -0.480 e. The summed E-state index contributed by atoms with van der Waals surface area (Å²) in [5, 5.41) is 9.64. The minimum absolute atomic E-state index is 0.00398. The number of hydrogen-bond donors (Lipinski definition) is 2. The summed E-state index contributed by atoms with van der Waals surface area (Å²) in [6.07, 6.45) is 2.08. The van der Waals surface area contributed by atoms with Crippen LogP contribution in [0.25, 0.3) is 0 Å². The van der Waals surface area contributed by atoms with Gasteiger partial charge in [0.25, 0.3) is 0 Å². The van der Waals surface area contributed by atoms with Crippen LogP contribution in [0.4, 0.5) is 0 Å². The van der Waals surface area contributed by atoms with Gasteiger partial charge in [0.15, 0.2) is 11.5 Å². The van der Waals surface area contributed by atoms with Crippen molar-refractivity contribution in [1.82, 2.24) is 0 Å². The summed E-state index contributed by atoms with van der Waals surface area (Å²) in [5.74, 6) is -3.82. The fourth-order valence-electron chi connectivity index (χ4n) is 3.35. The number of carboxylic acid groups (broad SMARTS) is 1. The Labute approximate surface area is 207 Å². The van der Waals surface area contributed by atoms with E-state index in [0.29, 0.717) is 24.8 Å². The molecule has 0 aromatic heterocycles. The molecule has 0 saturated heterocycles. The van der Waals surface area contributed by atoms with Gasteiger partial charge in [0, 0.05) is 18.8 Å². The number of esters is 3. The van der Waals surface area contributed by atoms with Crippen molar-refractivity contribution in [3.63, 3.8) is 0 Å². The summed E-state index contributed by atoms with van der Waals surface area (Å²) >= 11 is 0. The number of aliphatic carboxylic acids is 1. The highest BCUT2D eigenvalue weighted by Crippen LogP contribution is 2.36. The fourth-order valence-corrected chi connectivity index (χ4v) is 3.35. The fraction of sp³-hybridized carbons (Fsp3) is 0.615. The van der Waals surface area contributed by atoms with Crippen molar-refractivity contribution in [2.45, 2.75) is 85.6 Å². The summed E-state index contributed by atoms with van der Waals surface area (Å²) in [6, 6.07) is 3.17. The molecule has 1 aromatic rings. The van der Waals surface area contributed by atoms with Gasteiger partial charge in [0.05, 0.1) is 12.0 Å². The number of nitrogens with two attached hydrogens (primary N) is 1. The Morgan fingerprint density at radius 2 is 1.51 bits per heavy atom. The predicted octanol–water partition coefficient (Wildman–Crippen LogP) is 4.21. The largest absolute Gasteiger partial charge is 0.480 e. The smallest absolute Gasteiger partial charge is 0.321 e. The molecule has 0 aliphatic heterocycles. The Morgan fingerprint density at radius 3 is 2.00 bits per heavy atom. The number of rotatable bonds is 14. The predicted molar refractivity (Wildman–Crippen MR) is 130 cm³/mol. The highest BCUT2D eigenvalue weighted by molar-refractivity contribution is 5.77. The molecule has 0 saturated carbocycles. The van der Waals surface area contributed by atoms with Crippen molar-refractivity contribution < 1.29 is 38.5 Å². The second kappa shape index (κ2) is 13.8. The van der Waals surface area contributed by atoms with E-state index in [1.165, 1.54) is 12.1 Å². The molecule has 0 amide bonds. The molecule has 1 aromatic carbocycles. The first-order chi connectivity index (χ1) is 16.4. The number of carbonyl (C=O) groups excluding carboxylic acids is 3. The summed E-state index contributed by atoms with van der Waals surface area (Å²) in [5.41, 5.74) is 5.82. The van der Waals surface area contributed by atoms with Gasteiger partial charge in [-0.1, -0.05) is 33.8 Å². The first-order valence-corrected chi connectivity index (χ1v) is 12.1. The summed E-state index contributed by atoms with van der Waals surface area (Å²) in [6.45, 7) is 10.8. The number of carboxylic acids is 1. The van der Waals surface area contributed by atoms with E-state index in [4.69, 9.17) is 19.9 Å². The van der Waals surface area contributed by atoms with Crippen LogP contribution in [0.1, 0.15) is 85.1 Å². The lowest BCUT2D eigenvalue weighted by Gasteiger charge is -2.29. The Balaban J connectivity index is 3.35. The molecule has 0 aliphatic carbocycles. The number of ether oxygens (including phenoxy) is 3. The third-order valence-corrected chi connectivity index (χ3v) is 5.91. The molecule has 3 atom stereocenters. The van der Waals surface area contributed by atoms with E-state index in [-0.39, 0.29) is 36.9 Å². The normalized spacial score (nSPS) is 13.9. The van der Waals surface area contributed by atoms with Gasteiger partial charge in [-0.05, 0) is 56.7 Å². The van der Waals surface area contributed by atoms with Crippen LogP contribution in [0.2, 0.25) is 0 Å². The standard InChI is InChI=1S/C26H39NO8/c1-7-10-20(28)34-18-13-12-17(14-19(18)35-21(29)11-8-2)22(23(27)24(30)31)16(4)15-33-25(32)26(5,6)9-3/h12-14,16,22-23H,7-11,15,27H2,1-6H3,(H,30,31)/t16?,22?,23-/m0/s1. The van der Waals surface area contributed by atoms with E-state index in [9.17, 15) is 24.3 Å². The molecule has 0 heterocycles. The molecule has 3 N–H and O–H groups in total. The van der Waals surface area contributed by atoms with Crippen molar-refractivity contribution in [3.8, 4) is 11.5 Å². The molecular formula is C26H39NO8. The molecule has 0 aliphatic rings. The maximum atomic E-state index is 12.4. The third kappa shape index (κ3) is 8.98. The second-order valence-electron chi connectivity index (χ2n) is 9.36. The van der Waals surface area contributed by atoms with Gasteiger partial charge in [0.1, 0.15) is 6.04 Å². The van der Waals surface area contributed by atoms with Gasteiger partial charge in [-0.15, -0.1) is 0 Å². The third-order valence-electron chi connectivity index (χ3n) is 5.91. The van der Waals surface area contributed by atoms with E-state index in [0.717, 1.165) is 0 Å². The van der Waals surface area contributed by atoms with Gasteiger partial charge in [-0.2, -0.15) is 0 Å². The van der Waals surface area contributed by atoms with Crippen molar-refractivity contribution in [2.24, 2.45) is 17.1 Å². The molecule has 1 rings (SSSR count). The Bertz CT molecular complexity index is 895. The molecule has 2 unspecified atom stereocenters. The lowest BCUT2D eigenvalue weighted by Crippen LogP contribution is -2.41. The zero-order valence-electron chi connectivity index (χ0n) is 21.6. The minimum atomic E-state index is -1.32. The summed E-state index contributed by atoms with van der Waals surface area (Å²) in [4.78, 5) is 48.5. The summed E-state index contributed by atoms with van der Waals surface area (Å²) < 4.78 is 16.3. The lowest BCUT2D eigenvalue weighted by molar-refractivity contribution is -0.155. The Hall–Kier alpha value is -2.94. The van der Waals surface area contributed by atoms with Crippen molar-refractivity contribution in [1.29, 1.82) is 0 Å². The molecule has 0 spiro atoms. The number of carbonyl (C=O) groups is 4. The van der Waals surface area contributed by atoms with Gasteiger partial charge in [-0.3, -0.25) is 19.2 Å². The highest BCUT2D eigenvalue weighted by Gasteiger charge is 2.34. The van der Waals surface area contributed by atoms with Crippen LogP contribution in [0, 0.1) is 11.3 Å². The SMILES string of the molecule is CCCC(=O)Oc1ccc(C(C(C)COC(=O)C(C)(C)CC)[C@H](N)C(=O)O)cc1OC(=O)CCC. The molecule has 196 valence electrons. The second-order valence-corrected chi connectivity index (χ2v) is 9.36. The van der Waals surface area contributed by atoms with Gasteiger partial charge in [-0.25, -0.2) is 0 Å². The molecular weight excluding hydrogens is 454 g/mol. The Morgan fingerprint density at radius 1 is 0.971 bits per heavy atom. The number of benzene rings is 1. The topological polar surface area (TPSA) is 142 Å². The molecule has 0 radical (unpaired) electrons. The quantitative estimate of drug-likeness (QED) is 0.288. The van der Waals surface area contributed by atoms with Crippen LogP contribution >= 0.6 is 0 Å². The van der Waals surface area contributed by atoms with Crippen molar-refractivity contribution >= 4 is 23.9 Å². The Kier molecular flexibility index (Phi) is 11.9. The average molecular weight is 494 g/mol. The van der Waals surface area contributed by atoms with Gasteiger partial charge in [0.2, 0.25) is 0 Å². The zero-order chi connectivity index (χ0) is 26.8. The average Bonchev–Trinajstić information content (AvgIpc) is 2.79. The maximum Gasteiger partial charge on any atom is 0.321 e. The van der Waals surface area contributed by atoms with Crippen LogP contribution in [0.3, 0.4) is 0 Å². The van der Waals surface area contributed by atoms with E-state index < -0.39 is 41.2 Å². The van der Waals surface area contributed by atoms with Crippen LogP contribution in [0.15, 0.2) is 18.2 Å². The molecule has 35 heavy (non-hydrogen) atoms. The van der Waals surface area contributed by atoms with Crippen LogP contribution in [-0.2, 0) is 23.9 Å². The molecule has 9 heteroatoms. The van der Waals surface area contributed by atoms with Crippen molar-refractivity contribution in [3.05, 3.63) is 23.8 Å². The monoisotopic (exact) mass is 493 g/mol. The van der Waals surface area contributed by atoms with Crippen LogP contribution in [0.5, 0.6) is 11.5 Å². The lowest BCUT2D eigenvalue weighted by atomic mass is 9.81. The van der Waals surface area contributed by atoms with Gasteiger partial charge >= 0.3 is 23.9 Å². The first-order valence-electron chi connectivity index (χ1n) is 12.1. The number of hydrogen-bond acceptors (Lipinski definition) is 8. The summed E-state index contributed by atoms with van der Waals surface area (Å²) in [7, 11) is 0. The van der Waals surface area contributed by atoms with E-state index in [2.05, 4.69) is 0 Å². The van der Waals surface area contributed by atoms with Gasteiger partial charge < -0.3 is 25.1 Å². The zero-order valence-corrected chi connectivity index (χ0v) is 21.6. The van der Waals surface area contributed by atoms with E-state index in [1.807, 2.05) is 20.8 Å².